The van der Waals surface area contributed by atoms with E-state index >= 15 is 0 Å². The summed E-state index contributed by atoms with van der Waals surface area (Å²) in [6.45, 7) is 2.28. The molecule has 0 saturated carbocycles. The molecule has 100 valence electrons. The second kappa shape index (κ2) is 17.9. The summed E-state index contributed by atoms with van der Waals surface area (Å²) >= 11 is 3.47. The van der Waals surface area contributed by atoms with Gasteiger partial charge in [0.2, 0.25) is 0 Å². The van der Waals surface area contributed by atoms with Crippen molar-refractivity contribution in [2.75, 3.05) is 5.33 Å². The zero-order chi connectivity index (χ0) is 11.2. The minimum Gasteiger partial charge on any atom is -0.0928 e. The molecule has 0 aliphatic heterocycles. The molecule has 0 fully saturated rings. The lowest BCUT2D eigenvalue weighted by atomic mass is 10.1. The van der Waals surface area contributed by atoms with Crippen LogP contribution in [-0.2, 0) is 0 Å². The molecular formula is C15H33Br. The Morgan fingerprint density at radius 3 is 1.19 bits per heavy atom. The lowest BCUT2D eigenvalue weighted by Crippen LogP contribution is -1.82. The average molecular weight is 293 g/mol. The molecule has 0 aliphatic carbocycles. The molecule has 0 radical (unpaired) electrons. The van der Waals surface area contributed by atoms with Crippen LogP contribution >= 0.6 is 15.9 Å². The van der Waals surface area contributed by atoms with E-state index < -0.39 is 0 Å². The van der Waals surface area contributed by atoms with Crippen molar-refractivity contribution in [3.63, 3.8) is 0 Å². The minimum absolute atomic E-state index is 0. The van der Waals surface area contributed by atoms with Crippen LogP contribution in [0.4, 0.5) is 0 Å². The van der Waals surface area contributed by atoms with Gasteiger partial charge in [0, 0.05) is 5.33 Å². The van der Waals surface area contributed by atoms with Crippen LogP contribution in [0, 0.1) is 0 Å². The lowest BCUT2D eigenvalue weighted by molar-refractivity contribution is 0.548. The van der Waals surface area contributed by atoms with Crippen molar-refractivity contribution in [3.05, 3.63) is 0 Å². The van der Waals surface area contributed by atoms with Crippen molar-refractivity contribution in [1.82, 2.24) is 0 Å². The van der Waals surface area contributed by atoms with Gasteiger partial charge in [-0.3, -0.25) is 0 Å². The standard InChI is InChI=1S/C14H29Br.CH4/c1-2-3-4-5-6-7-8-9-10-11-12-13-14-15;/h2-14H2,1H3;1H4. The van der Waals surface area contributed by atoms with Gasteiger partial charge in [-0.2, -0.15) is 0 Å². The summed E-state index contributed by atoms with van der Waals surface area (Å²) in [6.07, 6.45) is 17.3. The Morgan fingerprint density at radius 1 is 0.562 bits per heavy atom. The second-order valence-electron chi connectivity index (χ2n) is 4.58. The first kappa shape index (κ1) is 18.8. The highest BCUT2D eigenvalue weighted by Gasteiger charge is 1.92. The maximum atomic E-state index is 3.47. The normalized spacial score (nSPS) is 10.1. The van der Waals surface area contributed by atoms with Crippen LogP contribution in [0.2, 0.25) is 0 Å². The Hall–Kier alpha value is 0.480. The molecule has 0 spiro atoms. The monoisotopic (exact) mass is 292 g/mol. The first-order valence-corrected chi connectivity index (χ1v) is 8.10. The molecule has 0 amide bonds. The van der Waals surface area contributed by atoms with Crippen LogP contribution in [-0.4, -0.2) is 5.33 Å². The summed E-state index contributed by atoms with van der Waals surface area (Å²) < 4.78 is 0. The maximum absolute atomic E-state index is 3.47. The van der Waals surface area contributed by atoms with E-state index in [1.807, 2.05) is 0 Å². The van der Waals surface area contributed by atoms with Crippen molar-refractivity contribution < 1.29 is 0 Å². The smallest absolute Gasteiger partial charge is 0.00313 e. The van der Waals surface area contributed by atoms with Crippen LogP contribution in [0.15, 0.2) is 0 Å². The van der Waals surface area contributed by atoms with Crippen LogP contribution in [0.5, 0.6) is 0 Å². The molecule has 0 aliphatic rings. The molecule has 0 N–H and O–H groups in total. The number of hydrogen-bond donors (Lipinski definition) is 0. The molecule has 0 aromatic heterocycles. The fourth-order valence-corrected chi connectivity index (χ4v) is 2.33. The Morgan fingerprint density at radius 2 is 0.875 bits per heavy atom. The lowest BCUT2D eigenvalue weighted by Gasteiger charge is -2.01. The summed E-state index contributed by atoms with van der Waals surface area (Å²) in [6, 6.07) is 0. The van der Waals surface area contributed by atoms with Gasteiger partial charge < -0.3 is 0 Å². The molecule has 0 aromatic carbocycles. The summed E-state index contributed by atoms with van der Waals surface area (Å²) in [5.74, 6) is 0. The molecular weight excluding hydrogens is 260 g/mol. The second-order valence-corrected chi connectivity index (χ2v) is 5.37. The number of rotatable bonds is 12. The minimum atomic E-state index is 0. The largest absolute Gasteiger partial charge is 0.0928 e. The fraction of sp³-hybridized carbons (Fsp3) is 1.00. The number of hydrogen-bond acceptors (Lipinski definition) is 0. The highest BCUT2D eigenvalue weighted by Crippen LogP contribution is 2.11. The Bertz CT molecular complexity index is 89.6. The highest BCUT2D eigenvalue weighted by atomic mass is 79.9. The molecule has 0 atom stereocenters. The average Bonchev–Trinajstić information content (AvgIpc) is 2.26. The highest BCUT2D eigenvalue weighted by molar-refractivity contribution is 9.09. The van der Waals surface area contributed by atoms with Crippen molar-refractivity contribution in [1.29, 1.82) is 0 Å². The van der Waals surface area contributed by atoms with Gasteiger partial charge in [0.1, 0.15) is 0 Å². The maximum Gasteiger partial charge on any atom is 0.00313 e. The topological polar surface area (TPSA) is 0 Å². The van der Waals surface area contributed by atoms with E-state index in [1.165, 1.54) is 82.4 Å². The SMILES string of the molecule is C.CCCCCCCCCCCCCCBr. The van der Waals surface area contributed by atoms with E-state index in [9.17, 15) is 0 Å². The molecule has 0 unspecified atom stereocenters. The van der Waals surface area contributed by atoms with Gasteiger partial charge in [-0.15, -0.1) is 0 Å². The van der Waals surface area contributed by atoms with Gasteiger partial charge in [-0.25, -0.2) is 0 Å². The zero-order valence-corrected chi connectivity index (χ0v) is 12.2. The van der Waals surface area contributed by atoms with E-state index in [1.54, 1.807) is 0 Å². The van der Waals surface area contributed by atoms with Gasteiger partial charge in [0.05, 0.1) is 0 Å². The summed E-state index contributed by atoms with van der Waals surface area (Å²) in [5, 5.41) is 1.18. The third kappa shape index (κ3) is 16.9. The first-order valence-electron chi connectivity index (χ1n) is 6.97. The molecule has 0 aromatic rings. The summed E-state index contributed by atoms with van der Waals surface area (Å²) in [5.41, 5.74) is 0. The van der Waals surface area contributed by atoms with E-state index in [0.717, 1.165) is 0 Å². The van der Waals surface area contributed by atoms with E-state index in [4.69, 9.17) is 0 Å². The fourth-order valence-electron chi connectivity index (χ4n) is 1.94. The number of unbranched alkanes of at least 4 members (excludes halogenated alkanes) is 11. The third-order valence-corrected chi connectivity index (χ3v) is 3.55. The van der Waals surface area contributed by atoms with Gasteiger partial charge >= 0.3 is 0 Å². The molecule has 0 saturated heterocycles. The van der Waals surface area contributed by atoms with E-state index in [-0.39, 0.29) is 7.43 Å². The van der Waals surface area contributed by atoms with Crippen molar-refractivity contribution in [2.24, 2.45) is 0 Å². The van der Waals surface area contributed by atoms with Crippen LogP contribution < -0.4 is 0 Å². The first-order chi connectivity index (χ1) is 7.41. The van der Waals surface area contributed by atoms with Crippen LogP contribution in [0.1, 0.15) is 91.4 Å². The quantitative estimate of drug-likeness (QED) is 0.277. The molecule has 0 rings (SSSR count). The molecule has 0 bridgehead atoms. The van der Waals surface area contributed by atoms with Crippen LogP contribution in [0.25, 0.3) is 0 Å². The van der Waals surface area contributed by atoms with Crippen LogP contribution in [0.3, 0.4) is 0 Å². The molecule has 0 nitrogen and oxygen atoms in total. The predicted octanol–water partition coefficient (Wildman–Crippen LogP) is 6.72. The zero-order valence-electron chi connectivity index (χ0n) is 10.6. The van der Waals surface area contributed by atoms with Gasteiger partial charge in [0.25, 0.3) is 0 Å². The number of alkyl halides is 1. The third-order valence-electron chi connectivity index (χ3n) is 2.99. The van der Waals surface area contributed by atoms with Crippen molar-refractivity contribution >= 4 is 15.9 Å². The summed E-state index contributed by atoms with van der Waals surface area (Å²) in [7, 11) is 0. The van der Waals surface area contributed by atoms with Gasteiger partial charge in [-0.1, -0.05) is 101 Å². The molecule has 0 heterocycles. The number of halogens is 1. The Labute approximate surface area is 113 Å². The van der Waals surface area contributed by atoms with E-state index in [0.29, 0.717) is 0 Å². The predicted molar refractivity (Wildman–Crippen MR) is 81.6 cm³/mol. The van der Waals surface area contributed by atoms with E-state index in [2.05, 4.69) is 22.9 Å². The molecule has 1 heteroatoms. The Balaban J connectivity index is 0. The van der Waals surface area contributed by atoms with Crippen molar-refractivity contribution in [2.45, 2.75) is 91.4 Å². The van der Waals surface area contributed by atoms with Gasteiger partial charge in [-0.05, 0) is 6.42 Å². The summed E-state index contributed by atoms with van der Waals surface area (Å²) in [4.78, 5) is 0. The van der Waals surface area contributed by atoms with Crippen molar-refractivity contribution in [3.8, 4) is 0 Å². The van der Waals surface area contributed by atoms with Gasteiger partial charge in [0.15, 0.2) is 0 Å². The molecule has 16 heavy (non-hydrogen) atoms. The Kier molecular flexibility index (Phi) is 21.0.